The molecule has 2 N–H and O–H groups in total. The number of carboxylic acids is 1. The van der Waals surface area contributed by atoms with E-state index in [9.17, 15) is 14.7 Å². The average molecular weight is 223 g/mol. The van der Waals surface area contributed by atoms with E-state index >= 15 is 0 Å². The van der Waals surface area contributed by atoms with E-state index in [4.69, 9.17) is 5.73 Å². The van der Waals surface area contributed by atoms with Crippen molar-refractivity contribution in [3.63, 3.8) is 0 Å². The summed E-state index contributed by atoms with van der Waals surface area (Å²) < 4.78 is 1.63. The Morgan fingerprint density at radius 3 is 2.69 bits per heavy atom. The second-order valence-electron chi connectivity index (χ2n) is 3.37. The van der Waals surface area contributed by atoms with E-state index in [0.29, 0.717) is 24.9 Å². The topological polar surface area (TPSA) is 100.0 Å². The third-order valence-electron chi connectivity index (χ3n) is 2.07. The highest BCUT2D eigenvalue weighted by molar-refractivity contribution is 5.92. The zero-order chi connectivity index (χ0) is 12.0. The third kappa shape index (κ3) is 4.04. The summed E-state index contributed by atoms with van der Waals surface area (Å²) >= 11 is 0. The fraction of sp³-hybridized carbons (Fsp3) is 0.400. The highest BCUT2D eigenvalue weighted by Gasteiger charge is 2.05. The van der Waals surface area contributed by atoms with Crippen LogP contribution in [0.1, 0.15) is 29.6 Å². The van der Waals surface area contributed by atoms with Crippen molar-refractivity contribution in [3.8, 4) is 0 Å². The summed E-state index contributed by atoms with van der Waals surface area (Å²) in [6.45, 7) is 0.603. The van der Waals surface area contributed by atoms with Gasteiger partial charge in [0.25, 0.3) is 5.91 Å². The number of nitrogens with two attached hydrogens (primary N) is 1. The molecule has 0 aromatic carbocycles. The van der Waals surface area contributed by atoms with E-state index in [1.807, 2.05) is 0 Å². The summed E-state index contributed by atoms with van der Waals surface area (Å²) in [4.78, 5) is 20.9. The standard InChI is InChI=1S/C10H13N3O3/c11-10(16)8-4-6-13(12-7-8)5-2-1-3-9(14)15/h4,6-7H,1-3,5H2,(H2-,11,14,15,16). The number of aryl methyl sites for hydroxylation is 1. The SMILES string of the molecule is NC(=O)c1cc[n+](CCCCC(=O)[O-])nc1. The first kappa shape index (κ1) is 12.1. The summed E-state index contributed by atoms with van der Waals surface area (Å²) in [7, 11) is 0. The predicted octanol–water partition coefficient (Wildman–Crippen LogP) is -1.61. The molecule has 0 fully saturated rings. The predicted molar refractivity (Wildman–Crippen MR) is 51.8 cm³/mol. The van der Waals surface area contributed by atoms with Gasteiger partial charge in [0.15, 0.2) is 12.7 Å². The monoisotopic (exact) mass is 223 g/mol. The van der Waals surface area contributed by atoms with E-state index in [-0.39, 0.29) is 6.42 Å². The molecule has 0 aliphatic heterocycles. The fourth-order valence-electron chi connectivity index (χ4n) is 1.21. The van der Waals surface area contributed by atoms with E-state index in [1.54, 1.807) is 16.9 Å². The number of carbonyl (C=O) groups excluding carboxylic acids is 2. The zero-order valence-electron chi connectivity index (χ0n) is 8.76. The first-order chi connectivity index (χ1) is 7.59. The van der Waals surface area contributed by atoms with Crippen LogP contribution in [0.5, 0.6) is 0 Å². The summed E-state index contributed by atoms with van der Waals surface area (Å²) in [5.74, 6) is -1.56. The molecule has 0 aliphatic carbocycles. The summed E-state index contributed by atoms with van der Waals surface area (Å²) in [6.07, 6.45) is 4.33. The quantitative estimate of drug-likeness (QED) is 0.463. The largest absolute Gasteiger partial charge is 0.550 e. The van der Waals surface area contributed by atoms with Gasteiger partial charge in [-0.2, -0.15) is 0 Å². The average Bonchev–Trinajstić information content (AvgIpc) is 2.25. The van der Waals surface area contributed by atoms with Crippen molar-refractivity contribution in [2.75, 3.05) is 0 Å². The maximum absolute atomic E-state index is 10.7. The molecule has 6 nitrogen and oxygen atoms in total. The number of rotatable bonds is 6. The Bertz CT molecular complexity index is 375. The smallest absolute Gasteiger partial charge is 0.250 e. The number of amides is 1. The van der Waals surface area contributed by atoms with Crippen molar-refractivity contribution in [3.05, 3.63) is 24.0 Å². The van der Waals surface area contributed by atoms with Crippen molar-refractivity contribution < 1.29 is 19.4 Å². The van der Waals surface area contributed by atoms with Crippen LogP contribution >= 0.6 is 0 Å². The van der Waals surface area contributed by atoms with Crippen molar-refractivity contribution in [2.45, 2.75) is 25.8 Å². The van der Waals surface area contributed by atoms with Crippen LogP contribution in [-0.2, 0) is 11.3 Å². The molecule has 1 amide bonds. The van der Waals surface area contributed by atoms with Crippen LogP contribution in [0.2, 0.25) is 0 Å². The lowest BCUT2D eigenvalue weighted by Gasteiger charge is -1.99. The van der Waals surface area contributed by atoms with Gasteiger partial charge in [0, 0.05) is 18.5 Å². The van der Waals surface area contributed by atoms with Crippen LogP contribution in [0.15, 0.2) is 18.5 Å². The van der Waals surface area contributed by atoms with Crippen molar-refractivity contribution in [2.24, 2.45) is 5.73 Å². The minimum atomic E-state index is -1.04. The van der Waals surface area contributed by atoms with Crippen molar-refractivity contribution >= 4 is 11.9 Å². The summed E-state index contributed by atoms with van der Waals surface area (Å²) in [5.41, 5.74) is 5.41. The molecule has 1 heterocycles. The lowest BCUT2D eigenvalue weighted by molar-refractivity contribution is -0.754. The Balaban J connectivity index is 2.38. The van der Waals surface area contributed by atoms with Crippen LogP contribution in [0.4, 0.5) is 0 Å². The fourth-order valence-corrected chi connectivity index (χ4v) is 1.21. The van der Waals surface area contributed by atoms with Crippen LogP contribution < -0.4 is 15.5 Å². The maximum atomic E-state index is 10.7. The van der Waals surface area contributed by atoms with E-state index < -0.39 is 11.9 Å². The lowest BCUT2D eigenvalue weighted by Crippen LogP contribution is -2.38. The molecular weight excluding hydrogens is 210 g/mol. The van der Waals surface area contributed by atoms with E-state index in [2.05, 4.69) is 5.10 Å². The molecule has 1 rings (SSSR count). The second-order valence-corrected chi connectivity index (χ2v) is 3.37. The first-order valence-corrected chi connectivity index (χ1v) is 4.95. The minimum absolute atomic E-state index is 0.0555. The number of hydrogen-bond donors (Lipinski definition) is 1. The van der Waals surface area contributed by atoms with Crippen LogP contribution in [0.25, 0.3) is 0 Å². The highest BCUT2D eigenvalue weighted by Crippen LogP contribution is 1.94. The Morgan fingerprint density at radius 2 is 2.19 bits per heavy atom. The van der Waals surface area contributed by atoms with Gasteiger partial charge in [0.2, 0.25) is 0 Å². The molecule has 0 saturated heterocycles. The molecule has 0 aliphatic rings. The molecule has 16 heavy (non-hydrogen) atoms. The Labute approximate surface area is 92.7 Å². The minimum Gasteiger partial charge on any atom is -0.550 e. The van der Waals surface area contributed by atoms with Gasteiger partial charge in [0.1, 0.15) is 6.20 Å². The van der Waals surface area contributed by atoms with Gasteiger partial charge in [-0.05, 0) is 17.9 Å². The van der Waals surface area contributed by atoms with Gasteiger partial charge >= 0.3 is 0 Å². The normalized spacial score (nSPS) is 10.0. The number of nitrogens with zero attached hydrogens (tertiary/aromatic N) is 2. The van der Waals surface area contributed by atoms with Crippen LogP contribution in [0, 0.1) is 0 Å². The Hall–Kier alpha value is -1.98. The molecule has 86 valence electrons. The first-order valence-electron chi connectivity index (χ1n) is 4.95. The van der Waals surface area contributed by atoms with Crippen molar-refractivity contribution in [1.82, 2.24) is 5.10 Å². The lowest BCUT2D eigenvalue weighted by atomic mass is 10.2. The number of hydrogen-bond acceptors (Lipinski definition) is 4. The van der Waals surface area contributed by atoms with Crippen LogP contribution in [0.3, 0.4) is 0 Å². The van der Waals surface area contributed by atoms with Gasteiger partial charge in [-0.3, -0.25) is 4.79 Å². The third-order valence-corrected chi connectivity index (χ3v) is 2.07. The number of aromatic nitrogens is 2. The number of primary amides is 1. The number of unbranched alkanes of at least 4 members (excludes halogenated alkanes) is 1. The molecular formula is C10H13N3O3. The zero-order valence-corrected chi connectivity index (χ0v) is 8.76. The van der Waals surface area contributed by atoms with E-state index in [0.717, 1.165) is 0 Å². The van der Waals surface area contributed by atoms with Crippen molar-refractivity contribution in [1.29, 1.82) is 0 Å². The van der Waals surface area contributed by atoms with Gasteiger partial charge in [0.05, 0.1) is 5.56 Å². The second kappa shape index (κ2) is 5.79. The number of carbonyl (C=O) groups is 2. The van der Waals surface area contributed by atoms with Crippen LogP contribution in [-0.4, -0.2) is 17.0 Å². The summed E-state index contributed by atoms with van der Waals surface area (Å²) in [6, 6.07) is 1.58. The molecule has 0 unspecified atom stereocenters. The highest BCUT2D eigenvalue weighted by atomic mass is 16.4. The molecule has 1 aromatic heterocycles. The maximum Gasteiger partial charge on any atom is 0.250 e. The number of carboxylic acid groups (broad SMARTS) is 1. The molecule has 0 spiro atoms. The molecule has 6 heteroatoms. The molecule has 0 bridgehead atoms. The Morgan fingerprint density at radius 1 is 1.44 bits per heavy atom. The van der Waals surface area contributed by atoms with Gasteiger partial charge in [-0.25, -0.2) is 0 Å². The van der Waals surface area contributed by atoms with Gasteiger partial charge in [-0.15, -0.1) is 0 Å². The molecule has 0 radical (unpaired) electrons. The number of aliphatic carboxylic acids is 1. The molecule has 0 atom stereocenters. The Kier molecular flexibility index (Phi) is 4.38. The molecule has 1 aromatic rings. The van der Waals surface area contributed by atoms with E-state index in [1.165, 1.54) is 6.20 Å². The van der Waals surface area contributed by atoms with Gasteiger partial charge in [-0.1, -0.05) is 4.68 Å². The molecule has 0 saturated carbocycles. The van der Waals surface area contributed by atoms with Gasteiger partial charge < -0.3 is 15.6 Å². The summed E-state index contributed by atoms with van der Waals surface area (Å²) in [5, 5.41) is 14.1.